The Hall–Kier alpha value is -4.35. The first-order valence-corrected chi connectivity index (χ1v) is 8.58. The Morgan fingerprint density at radius 2 is 1.97 bits per heavy atom. The number of anilines is 3. The summed E-state index contributed by atoms with van der Waals surface area (Å²) in [6.45, 7) is -0.467. The maximum atomic E-state index is 14.7. The number of nitrogens with two attached hydrogens (primary N) is 2. The molecule has 0 aliphatic carbocycles. The lowest BCUT2D eigenvalue weighted by molar-refractivity contribution is 0.187. The predicted octanol–water partition coefficient (Wildman–Crippen LogP) is 2.56. The van der Waals surface area contributed by atoms with Crippen molar-refractivity contribution >= 4 is 34.4 Å². The fourth-order valence-electron chi connectivity index (χ4n) is 2.77. The summed E-state index contributed by atoms with van der Waals surface area (Å²) >= 11 is 0. The molecular weight excluding hydrogens is 410 g/mol. The molecule has 12 heteroatoms. The second-order valence-electron chi connectivity index (χ2n) is 6.13. The number of hydrogen-bond acceptors (Lipinski definition) is 8. The molecule has 0 unspecified atom stereocenters. The van der Waals surface area contributed by atoms with Gasteiger partial charge in [0.15, 0.2) is 23.1 Å². The average molecular weight is 430 g/mol. The summed E-state index contributed by atoms with van der Waals surface area (Å²) in [6.07, 6.45) is 0.0312. The van der Waals surface area contributed by atoms with Crippen LogP contribution in [0, 0.1) is 11.6 Å². The zero-order valence-corrected chi connectivity index (χ0v) is 15.8. The van der Waals surface area contributed by atoms with E-state index in [1.165, 1.54) is 0 Å². The third-order valence-electron chi connectivity index (χ3n) is 4.16. The number of nitrogen functional groups attached to an aromatic ring is 2. The van der Waals surface area contributed by atoms with Crippen LogP contribution in [0.3, 0.4) is 0 Å². The van der Waals surface area contributed by atoms with Crippen LogP contribution in [-0.4, -0.2) is 37.9 Å². The number of carbonyl (C=O) groups is 1. The van der Waals surface area contributed by atoms with E-state index in [-0.39, 0.29) is 45.4 Å². The maximum absolute atomic E-state index is 14.7. The molecule has 10 nitrogen and oxygen atoms in total. The van der Waals surface area contributed by atoms with Crippen LogP contribution in [0.15, 0.2) is 36.4 Å². The first-order chi connectivity index (χ1) is 16.5. The Kier molecular flexibility index (Phi) is 3.90. The summed E-state index contributed by atoms with van der Waals surface area (Å²) < 4.78 is 65.5. The van der Waals surface area contributed by atoms with Gasteiger partial charge in [0, 0.05) is 5.56 Å². The number of hydrogen-bond donors (Lipinski definition) is 3. The molecule has 0 aliphatic rings. The van der Waals surface area contributed by atoms with Gasteiger partial charge in [-0.25, -0.2) is 33.2 Å². The van der Waals surface area contributed by atoms with Crippen molar-refractivity contribution in [1.82, 2.24) is 24.7 Å². The van der Waals surface area contributed by atoms with Crippen molar-refractivity contribution < 1.29 is 23.8 Å². The number of carbonyl (C=O) groups excluding carboxylic acids is 1. The van der Waals surface area contributed by atoms with Gasteiger partial charge < -0.3 is 16.2 Å². The molecule has 0 saturated heterocycles. The van der Waals surface area contributed by atoms with Crippen LogP contribution in [0.1, 0.15) is 11.0 Å². The summed E-state index contributed by atoms with van der Waals surface area (Å²) in [4.78, 5) is 23.6. The lowest BCUT2D eigenvalue weighted by Gasteiger charge is -2.10. The van der Waals surface area contributed by atoms with Gasteiger partial charge in [0.25, 0.3) is 0 Å². The topological polar surface area (TPSA) is 147 Å². The van der Waals surface area contributed by atoms with Crippen molar-refractivity contribution in [1.29, 1.82) is 0 Å². The van der Waals surface area contributed by atoms with E-state index in [4.69, 9.17) is 17.0 Å². The van der Waals surface area contributed by atoms with Crippen molar-refractivity contribution in [2.24, 2.45) is 0 Å². The molecule has 4 aromatic rings. The minimum Gasteiger partial charge on any atom is -0.453 e. The number of ether oxygens (including phenoxy) is 1. The molecular formula is C19H16F2N8O2. The van der Waals surface area contributed by atoms with E-state index in [9.17, 15) is 13.6 Å². The van der Waals surface area contributed by atoms with Gasteiger partial charge in [-0.15, -0.1) is 0 Å². The van der Waals surface area contributed by atoms with E-state index in [1.807, 2.05) is 0 Å². The second-order valence-corrected chi connectivity index (χ2v) is 6.13. The third kappa shape index (κ3) is 3.77. The molecule has 5 N–H and O–H groups in total. The normalized spacial score (nSPS) is 12.7. The molecule has 1 aromatic carbocycles. The Balaban J connectivity index is 1.88. The molecule has 0 saturated carbocycles. The number of amides is 1. The standard InChI is InChI=1S/C19H16F2N8O2/c1-31-19(30)25-14-15(22)26-17(27-16(14)23)13-11-6-10(20)7-24-18(11)29(28-13)8-9-4-2-3-5-12(9)21/h2-7H,8H2,1H3,(H,25,30)(H4,22,23,26,27)/i2D,3D,4D,5D. The van der Waals surface area contributed by atoms with Gasteiger partial charge in [0.1, 0.15) is 23.0 Å². The number of pyridine rings is 1. The zero-order chi connectivity index (χ0) is 25.6. The van der Waals surface area contributed by atoms with E-state index in [1.54, 1.807) is 0 Å². The van der Waals surface area contributed by atoms with E-state index in [0.29, 0.717) is 0 Å². The van der Waals surface area contributed by atoms with E-state index in [0.717, 1.165) is 24.1 Å². The van der Waals surface area contributed by atoms with Crippen LogP contribution in [0.5, 0.6) is 0 Å². The smallest absolute Gasteiger partial charge is 0.411 e. The van der Waals surface area contributed by atoms with Gasteiger partial charge in [-0.05, 0) is 12.1 Å². The Bertz CT molecular complexity index is 1460. The monoisotopic (exact) mass is 430 g/mol. The number of halogens is 2. The van der Waals surface area contributed by atoms with Crippen molar-refractivity contribution in [3.8, 4) is 11.5 Å². The van der Waals surface area contributed by atoms with Gasteiger partial charge in [-0.3, -0.25) is 5.32 Å². The van der Waals surface area contributed by atoms with Gasteiger partial charge in [-0.1, -0.05) is 18.1 Å². The average Bonchev–Trinajstić information content (AvgIpc) is 3.18. The number of rotatable bonds is 4. The Labute approximate surface area is 179 Å². The van der Waals surface area contributed by atoms with Gasteiger partial charge in [-0.2, -0.15) is 5.10 Å². The zero-order valence-electron chi connectivity index (χ0n) is 19.8. The summed E-state index contributed by atoms with van der Waals surface area (Å²) in [5.41, 5.74) is 11.3. The van der Waals surface area contributed by atoms with Crippen LogP contribution < -0.4 is 16.8 Å². The molecule has 4 rings (SSSR count). The van der Waals surface area contributed by atoms with Crippen molar-refractivity contribution in [3.63, 3.8) is 0 Å². The number of benzene rings is 1. The fourth-order valence-corrected chi connectivity index (χ4v) is 2.77. The highest BCUT2D eigenvalue weighted by atomic mass is 19.1. The van der Waals surface area contributed by atoms with Crippen LogP contribution in [0.4, 0.5) is 30.9 Å². The first-order valence-electron chi connectivity index (χ1n) is 10.6. The molecule has 158 valence electrons. The minimum atomic E-state index is -1.16. The van der Waals surface area contributed by atoms with Crippen molar-refractivity contribution in [2.45, 2.75) is 6.54 Å². The minimum absolute atomic E-state index is 0.0451. The first kappa shape index (κ1) is 15.5. The summed E-state index contributed by atoms with van der Waals surface area (Å²) in [7, 11) is 1.13. The maximum Gasteiger partial charge on any atom is 0.411 e. The van der Waals surface area contributed by atoms with Crippen LogP contribution in [0.2, 0.25) is 0 Å². The molecule has 0 radical (unpaired) electrons. The molecule has 0 bridgehead atoms. The summed E-state index contributed by atoms with van der Waals surface area (Å²) in [5, 5.41) is 6.64. The molecule has 31 heavy (non-hydrogen) atoms. The summed E-state index contributed by atoms with van der Waals surface area (Å²) in [5.74, 6) is -2.54. The Morgan fingerprint density at radius 3 is 2.68 bits per heavy atom. The molecule has 3 aromatic heterocycles. The number of aromatic nitrogens is 5. The van der Waals surface area contributed by atoms with Crippen LogP contribution >= 0.6 is 0 Å². The highest BCUT2D eigenvalue weighted by Gasteiger charge is 2.21. The van der Waals surface area contributed by atoms with Crippen LogP contribution in [0.25, 0.3) is 22.6 Å². The molecule has 3 heterocycles. The summed E-state index contributed by atoms with van der Waals surface area (Å²) in [6, 6.07) is -1.70. The number of nitrogens with one attached hydrogen (secondary N) is 1. The van der Waals surface area contributed by atoms with Crippen molar-refractivity contribution in [2.75, 3.05) is 23.9 Å². The van der Waals surface area contributed by atoms with Gasteiger partial charge >= 0.3 is 6.09 Å². The third-order valence-corrected chi connectivity index (χ3v) is 4.16. The molecule has 0 aliphatic heterocycles. The van der Waals surface area contributed by atoms with Crippen LogP contribution in [-0.2, 0) is 11.3 Å². The van der Waals surface area contributed by atoms with E-state index < -0.39 is 48.4 Å². The Morgan fingerprint density at radius 1 is 1.26 bits per heavy atom. The number of nitrogens with zero attached hydrogens (tertiary/aromatic N) is 5. The number of fused-ring (bicyclic) bond motifs is 1. The largest absolute Gasteiger partial charge is 0.453 e. The van der Waals surface area contributed by atoms with Gasteiger partial charge in [0.2, 0.25) is 0 Å². The highest BCUT2D eigenvalue weighted by Crippen LogP contribution is 2.30. The number of methoxy groups -OCH3 is 1. The highest BCUT2D eigenvalue weighted by molar-refractivity contribution is 5.94. The molecule has 0 spiro atoms. The second kappa shape index (κ2) is 7.82. The predicted molar refractivity (Wildman–Crippen MR) is 109 cm³/mol. The van der Waals surface area contributed by atoms with Gasteiger partial charge in [0.05, 0.1) is 30.7 Å². The lowest BCUT2D eigenvalue weighted by atomic mass is 10.2. The molecule has 0 atom stereocenters. The van der Waals surface area contributed by atoms with Crippen molar-refractivity contribution in [3.05, 3.63) is 53.6 Å². The van der Waals surface area contributed by atoms with E-state index >= 15 is 0 Å². The molecule has 1 amide bonds. The quantitative estimate of drug-likeness (QED) is 0.448. The fraction of sp³-hybridized carbons (Fsp3) is 0.105. The molecule has 0 fully saturated rings. The van der Waals surface area contributed by atoms with E-state index in [2.05, 4.69) is 30.1 Å². The SMILES string of the molecule is [2H]c1c([2H])c([2H])c(Cn2nc(-c3nc(N)c(NC(=O)OC)c(N)n3)c3cc(F)cnc32)c(F)c1[2H]. The lowest BCUT2D eigenvalue weighted by Crippen LogP contribution is -2.16.